The Labute approximate surface area is 233 Å². The van der Waals surface area contributed by atoms with Gasteiger partial charge in [-0.2, -0.15) is 21.0 Å². The van der Waals surface area contributed by atoms with Gasteiger partial charge in [0.25, 0.3) is 0 Å². The Kier molecular flexibility index (Phi) is 27.3. The molecule has 1 aromatic heterocycles. The molecule has 2 aromatic carbocycles. The van der Waals surface area contributed by atoms with Gasteiger partial charge < -0.3 is 15.6 Å². The van der Waals surface area contributed by atoms with Gasteiger partial charge in [-0.3, -0.25) is 0 Å². The molecule has 196 valence electrons. The van der Waals surface area contributed by atoms with Gasteiger partial charge in [-0.15, -0.1) is 36.4 Å². The van der Waals surface area contributed by atoms with Gasteiger partial charge in [-0.25, -0.2) is 10.4 Å². The van der Waals surface area contributed by atoms with E-state index in [9.17, 15) is 0 Å². The van der Waals surface area contributed by atoms with Crippen molar-refractivity contribution in [2.45, 2.75) is 38.0 Å². The number of fused-ring (bicyclic) bond motifs is 1. The third-order valence-electron chi connectivity index (χ3n) is 3.25. The number of halogens is 1. The van der Waals surface area contributed by atoms with Crippen LogP contribution in [0.5, 0.6) is 0 Å². The Balaban J connectivity index is -0.000000415. The molecular weight excluding hydrogens is 530 g/mol. The van der Waals surface area contributed by atoms with E-state index in [0.717, 1.165) is 25.8 Å². The molecule has 0 saturated heterocycles. The lowest BCUT2D eigenvalue weighted by molar-refractivity contribution is -0.141. The molecular formula is C25H31ClN7O2S2+. The molecule has 0 spiro atoms. The molecule has 3 rings (SSSR count). The summed E-state index contributed by atoms with van der Waals surface area (Å²) in [6.45, 7) is 4.29. The van der Waals surface area contributed by atoms with Crippen LogP contribution >= 0.6 is 36.4 Å². The molecule has 0 bridgehead atoms. The summed E-state index contributed by atoms with van der Waals surface area (Å²) >= 11 is 5.66. The highest BCUT2D eigenvalue weighted by molar-refractivity contribution is 7.80. The molecule has 37 heavy (non-hydrogen) atoms. The molecule has 0 radical (unpaired) electrons. The Morgan fingerprint density at radius 2 is 1.59 bits per heavy atom. The molecule has 1 heterocycles. The first kappa shape index (κ1) is 37.7. The van der Waals surface area contributed by atoms with Crippen molar-refractivity contribution >= 4 is 58.2 Å². The second-order valence-electron chi connectivity index (χ2n) is 6.01. The van der Waals surface area contributed by atoms with Gasteiger partial charge in [-0.05, 0) is 38.1 Å². The molecule has 0 amide bonds. The Morgan fingerprint density at radius 1 is 1.03 bits per heavy atom. The van der Waals surface area contributed by atoms with Crippen LogP contribution in [0.15, 0.2) is 53.4 Å². The summed E-state index contributed by atoms with van der Waals surface area (Å²) in [5.41, 5.74) is 7.17. The lowest BCUT2D eigenvalue weighted by atomic mass is 10.3. The number of nitriles is 4. The molecule has 0 fully saturated rings. The van der Waals surface area contributed by atoms with E-state index in [2.05, 4.69) is 23.7 Å². The highest BCUT2D eigenvalue weighted by atomic mass is 35.5. The van der Waals surface area contributed by atoms with Crippen LogP contribution in [-0.2, 0) is 11.2 Å². The van der Waals surface area contributed by atoms with Crippen molar-refractivity contribution < 1.29 is 15.3 Å². The van der Waals surface area contributed by atoms with Crippen LogP contribution in [0.1, 0.15) is 31.7 Å². The third-order valence-corrected chi connectivity index (χ3v) is 4.69. The lowest BCUT2D eigenvalue weighted by Gasteiger charge is -1.92. The summed E-state index contributed by atoms with van der Waals surface area (Å²) in [6, 6.07) is 22.7. The quantitative estimate of drug-likeness (QED) is 0.161. The van der Waals surface area contributed by atoms with E-state index < -0.39 is 0 Å². The van der Waals surface area contributed by atoms with Crippen LogP contribution in [0.2, 0.25) is 0 Å². The minimum atomic E-state index is 0. The number of rotatable bonds is 3. The number of nitrogens with zero attached hydrogens (tertiary/aromatic N) is 5. The van der Waals surface area contributed by atoms with Gasteiger partial charge in [0.1, 0.15) is 11.4 Å². The molecule has 0 atom stereocenters. The van der Waals surface area contributed by atoms with E-state index >= 15 is 0 Å². The van der Waals surface area contributed by atoms with Crippen molar-refractivity contribution in [2.75, 3.05) is 18.9 Å². The van der Waals surface area contributed by atoms with Crippen molar-refractivity contribution in [3.05, 3.63) is 53.5 Å². The van der Waals surface area contributed by atoms with E-state index in [0.29, 0.717) is 18.9 Å². The molecule has 0 unspecified atom stereocenters. The highest BCUT2D eigenvalue weighted by Crippen LogP contribution is 2.21. The average molecular weight is 561 g/mol. The van der Waals surface area contributed by atoms with Crippen LogP contribution in [0.25, 0.3) is 10.2 Å². The molecule has 0 aliphatic heterocycles. The number of thiazole rings is 1. The number of nitrogen functional groups attached to an aromatic ring is 1. The molecule has 0 aliphatic carbocycles. The van der Waals surface area contributed by atoms with Crippen LogP contribution in [0, 0.1) is 45.3 Å². The first-order valence-corrected chi connectivity index (χ1v) is 11.8. The van der Waals surface area contributed by atoms with E-state index in [1.54, 1.807) is 30.4 Å². The van der Waals surface area contributed by atoms with Gasteiger partial charge in [0.15, 0.2) is 6.42 Å². The van der Waals surface area contributed by atoms with Gasteiger partial charge in [-0.1, -0.05) is 24.3 Å². The predicted molar refractivity (Wildman–Crippen MR) is 152 cm³/mol. The Bertz CT molecular complexity index is 1130. The highest BCUT2D eigenvalue weighted by Gasteiger charge is 2.00. The number of ether oxygens (including phenoxy) is 1. The largest absolute Gasteiger partial charge is 0.448 e. The summed E-state index contributed by atoms with van der Waals surface area (Å²) < 4.78 is 5.91. The average Bonchev–Trinajstić information content (AvgIpc) is 3.27. The van der Waals surface area contributed by atoms with Crippen LogP contribution < -0.4 is 11.1 Å². The molecule has 0 aliphatic rings. The zero-order chi connectivity index (χ0) is 27.6. The zero-order valence-corrected chi connectivity index (χ0v) is 23.2. The van der Waals surface area contributed by atoms with E-state index in [4.69, 9.17) is 42.0 Å². The molecule has 0 saturated carbocycles. The number of hydrogen-bond acceptors (Lipinski definition) is 10. The van der Waals surface area contributed by atoms with Gasteiger partial charge >= 0.3 is 5.90 Å². The maximum Gasteiger partial charge on any atom is 0.347 e. The minimum Gasteiger partial charge on any atom is -0.448 e. The normalized spacial score (nSPS) is 7.89. The SMILES string of the molecule is CCO.CCOC(=[NH2+])CC#N.Cl.N#CCC#N.N#CCc1nc2ccccc2s1.Nc1ccccc1S. The monoisotopic (exact) mass is 560 g/mol. The van der Waals surface area contributed by atoms with Crippen molar-refractivity contribution in [1.29, 1.82) is 21.0 Å². The second-order valence-corrected chi connectivity index (χ2v) is 7.61. The number of aliphatic hydroxyl groups excluding tert-OH is 1. The summed E-state index contributed by atoms with van der Waals surface area (Å²) in [5.74, 6) is 0.301. The topological polar surface area (TPSA) is 189 Å². The summed E-state index contributed by atoms with van der Waals surface area (Å²) in [4.78, 5) is 5.14. The molecule has 12 heteroatoms. The smallest absolute Gasteiger partial charge is 0.347 e. The number of aromatic nitrogens is 1. The number of para-hydroxylation sites is 2. The summed E-state index contributed by atoms with van der Waals surface area (Å²) in [5, 5.41) is 45.3. The number of aliphatic hydroxyl groups is 1. The number of anilines is 1. The van der Waals surface area contributed by atoms with Crippen molar-refractivity contribution in [3.63, 3.8) is 0 Å². The number of nitrogens with two attached hydrogens (primary N) is 2. The van der Waals surface area contributed by atoms with Crippen LogP contribution in [0.3, 0.4) is 0 Å². The van der Waals surface area contributed by atoms with Gasteiger partial charge in [0.05, 0.1) is 47.5 Å². The van der Waals surface area contributed by atoms with Crippen molar-refractivity contribution in [3.8, 4) is 24.3 Å². The number of hydrogen-bond donors (Lipinski definition) is 4. The maximum absolute atomic E-state index is 8.46. The molecule has 9 nitrogen and oxygen atoms in total. The summed E-state index contributed by atoms with van der Waals surface area (Å²) in [7, 11) is 0. The Morgan fingerprint density at radius 3 is 2.00 bits per heavy atom. The first-order valence-electron chi connectivity index (χ1n) is 10.6. The Hall–Kier alpha value is -3.84. The van der Waals surface area contributed by atoms with E-state index in [1.807, 2.05) is 61.5 Å². The predicted octanol–water partition coefficient (Wildman–Crippen LogP) is 3.86. The number of benzene rings is 2. The number of thiol groups is 1. The molecule has 3 aromatic rings. The summed E-state index contributed by atoms with van der Waals surface area (Å²) in [6.07, 6.45) is 0.604. The fourth-order valence-electron chi connectivity index (χ4n) is 1.90. The zero-order valence-electron chi connectivity index (χ0n) is 20.7. The molecule has 5 N–H and O–H groups in total. The minimum absolute atomic E-state index is 0. The lowest BCUT2D eigenvalue weighted by Crippen LogP contribution is -2.41. The van der Waals surface area contributed by atoms with Crippen LogP contribution in [-0.4, -0.2) is 29.2 Å². The second kappa shape index (κ2) is 26.8. The fourth-order valence-corrected chi connectivity index (χ4v) is 2.96. The van der Waals surface area contributed by atoms with Gasteiger partial charge in [0.2, 0.25) is 0 Å². The third kappa shape index (κ3) is 21.2. The standard InChI is InChI=1S/C9H6N2S.C6H7NS.C5H8N2O.C3H2N2.C2H6O.ClH/c10-6-5-9-11-7-3-1-2-4-8(7)12-9;7-5-3-1-2-4-6(5)8;1-2-8-5(7)3-4-6;4-2-1-3-5;1-2-3;/h1-4H,5H2;1-4,8H,7H2;7H,2-3H2,1H3;1H2;3H,2H2,1H3;1H/p+1. The van der Waals surface area contributed by atoms with E-state index in [-0.39, 0.29) is 31.9 Å². The van der Waals surface area contributed by atoms with Crippen molar-refractivity contribution in [1.82, 2.24) is 4.98 Å². The first-order chi connectivity index (χ1) is 17.3. The van der Waals surface area contributed by atoms with Crippen LogP contribution in [0.4, 0.5) is 5.69 Å². The van der Waals surface area contributed by atoms with Gasteiger partial charge in [0, 0.05) is 17.2 Å². The fraction of sp³-hybridized carbons (Fsp3) is 0.280. The van der Waals surface area contributed by atoms with E-state index in [1.165, 1.54) is 0 Å². The van der Waals surface area contributed by atoms with Crippen molar-refractivity contribution in [2.24, 2.45) is 0 Å². The maximum atomic E-state index is 8.46.